The fraction of sp³-hybridized carbons (Fsp3) is 0.680. The second-order valence-electron chi connectivity index (χ2n) is 10.6. The van der Waals surface area contributed by atoms with Gasteiger partial charge in [0.05, 0.1) is 15.6 Å². The molecule has 0 N–H and O–H groups in total. The van der Waals surface area contributed by atoms with E-state index in [2.05, 4.69) is 15.9 Å². The normalized spacial score (nSPS) is 25.0. The van der Waals surface area contributed by atoms with Crippen LogP contribution >= 0.6 is 15.9 Å². The lowest BCUT2D eigenvalue weighted by Gasteiger charge is -2.49. The minimum Gasteiger partial charge on any atom is -0.443 e. The van der Waals surface area contributed by atoms with E-state index in [9.17, 15) is 14.0 Å². The van der Waals surface area contributed by atoms with Crippen molar-refractivity contribution in [1.29, 1.82) is 0 Å². The molecular weight excluding hydrogens is 493 g/mol. The van der Waals surface area contributed by atoms with Crippen LogP contribution in [0.2, 0.25) is 0 Å². The first-order valence-corrected chi connectivity index (χ1v) is 12.4. The smallest absolute Gasteiger partial charge is 0.415 e. The number of benzene rings is 1. The summed E-state index contributed by atoms with van der Waals surface area (Å²) in [5, 5.41) is 0. The van der Waals surface area contributed by atoms with Gasteiger partial charge in [-0.25, -0.2) is 9.18 Å². The summed E-state index contributed by atoms with van der Waals surface area (Å²) in [6, 6.07) is 2.92. The van der Waals surface area contributed by atoms with Gasteiger partial charge in [-0.15, -0.1) is 0 Å². The van der Waals surface area contributed by atoms with Crippen LogP contribution in [0.4, 0.5) is 14.9 Å². The summed E-state index contributed by atoms with van der Waals surface area (Å²) in [6.07, 6.45) is 3.27. The number of ketones is 1. The minimum absolute atomic E-state index is 0.124. The van der Waals surface area contributed by atoms with Crippen molar-refractivity contribution in [2.45, 2.75) is 96.5 Å². The third kappa shape index (κ3) is 5.43. The average molecular weight is 528 g/mol. The van der Waals surface area contributed by atoms with Gasteiger partial charge in [-0.3, -0.25) is 9.69 Å². The molecule has 0 bridgehead atoms. The highest BCUT2D eigenvalue weighted by Gasteiger charge is 2.55. The van der Waals surface area contributed by atoms with Crippen molar-refractivity contribution < 1.29 is 28.2 Å². The Labute approximate surface area is 204 Å². The average Bonchev–Trinajstić information content (AvgIpc) is 2.71. The van der Waals surface area contributed by atoms with E-state index >= 15 is 0 Å². The Bertz CT molecular complexity index is 907. The zero-order chi connectivity index (χ0) is 24.6. The molecule has 6 nitrogen and oxygen atoms in total. The van der Waals surface area contributed by atoms with Gasteiger partial charge >= 0.3 is 6.09 Å². The maximum Gasteiger partial charge on any atom is 0.415 e. The third-order valence-electron chi connectivity index (χ3n) is 6.33. The number of hydrogen-bond acceptors (Lipinski definition) is 5. The molecule has 0 radical (unpaired) electrons. The minimum atomic E-state index is -1.22. The first-order chi connectivity index (χ1) is 15.3. The second kappa shape index (κ2) is 9.62. The Hall–Kier alpha value is -1.51. The fourth-order valence-electron chi connectivity index (χ4n) is 4.73. The van der Waals surface area contributed by atoms with Crippen LogP contribution in [0, 0.1) is 5.82 Å². The van der Waals surface area contributed by atoms with Crippen LogP contribution in [-0.4, -0.2) is 42.5 Å². The first kappa shape index (κ1) is 26.1. The van der Waals surface area contributed by atoms with E-state index in [-0.39, 0.29) is 16.5 Å². The predicted octanol–water partition coefficient (Wildman–Crippen LogP) is 6.27. The number of carbonyl (C=O) groups is 2. The molecule has 0 spiro atoms. The van der Waals surface area contributed by atoms with E-state index in [1.165, 1.54) is 11.0 Å². The van der Waals surface area contributed by atoms with Crippen LogP contribution < -0.4 is 4.90 Å². The largest absolute Gasteiger partial charge is 0.443 e. The SMILES string of the molecule is CC(C)(C)OC(=O)N1c2cc(F)c(Br)cc2C(C)(CCCOC2CCCCO2)C(=O)C1(C)C. The fourth-order valence-corrected chi connectivity index (χ4v) is 5.07. The van der Waals surface area contributed by atoms with Gasteiger partial charge in [0.25, 0.3) is 0 Å². The summed E-state index contributed by atoms with van der Waals surface area (Å²) in [4.78, 5) is 28.3. The Morgan fingerprint density at radius 3 is 2.58 bits per heavy atom. The standard InChI is InChI=1S/C25H35BrFNO5/c1-23(2,3)33-22(30)28-19-15-18(27)17(26)14-16(19)25(6,21(29)24(28,4)5)11-9-13-32-20-10-7-8-12-31-20/h14-15,20H,7-13H2,1-6H3. The summed E-state index contributed by atoms with van der Waals surface area (Å²) in [6.45, 7) is 11.7. The molecule has 2 aliphatic rings. The molecule has 2 atom stereocenters. The quantitative estimate of drug-likeness (QED) is 0.422. The van der Waals surface area contributed by atoms with Gasteiger partial charge in [0.15, 0.2) is 12.1 Å². The number of Topliss-reactive ketones (excluding diaryl/α,β-unsaturated/α-hetero) is 1. The zero-order valence-electron chi connectivity index (χ0n) is 20.4. The van der Waals surface area contributed by atoms with Crippen molar-refractivity contribution in [2.24, 2.45) is 0 Å². The highest BCUT2D eigenvalue weighted by molar-refractivity contribution is 9.10. The molecule has 2 heterocycles. The van der Waals surface area contributed by atoms with Gasteiger partial charge in [0.2, 0.25) is 0 Å². The predicted molar refractivity (Wildman–Crippen MR) is 128 cm³/mol. The van der Waals surface area contributed by atoms with E-state index in [0.29, 0.717) is 37.3 Å². The van der Waals surface area contributed by atoms with Crippen LogP contribution in [0.15, 0.2) is 16.6 Å². The lowest BCUT2D eigenvalue weighted by Crippen LogP contribution is -2.63. The number of amides is 1. The van der Waals surface area contributed by atoms with Gasteiger partial charge in [-0.05, 0) is 107 Å². The van der Waals surface area contributed by atoms with E-state index < -0.39 is 28.5 Å². The maximum atomic E-state index is 14.7. The summed E-state index contributed by atoms with van der Waals surface area (Å²) >= 11 is 3.25. The van der Waals surface area contributed by atoms with Crippen LogP contribution in [0.3, 0.4) is 0 Å². The molecule has 1 saturated heterocycles. The Kier molecular flexibility index (Phi) is 7.61. The molecule has 184 valence electrons. The lowest BCUT2D eigenvalue weighted by atomic mass is 9.65. The number of hydrogen-bond donors (Lipinski definition) is 0. The lowest BCUT2D eigenvalue weighted by molar-refractivity contribution is -0.163. The number of rotatable bonds is 5. The summed E-state index contributed by atoms with van der Waals surface area (Å²) < 4.78 is 32.0. The number of carbonyl (C=O) groups excluding carboxylic acids is 2. The maximum absolute atomic E-state index is 14.7. The van der Waals surface area contributed by atoms with Crippen molar-refractivity contribution in [1.82, 2.24) is 0 Å². The molecule has 0 saturated carbocycles. The van der Waals surface area contributed by atoms with Crippen molar-refractivity contribution in [3.63, 3.8) is 0 Å². The molecule has 8 heteroatoms. The van der Waals surface area contributed by atoms with Gasteiger partial charge in [-0.2, -0.15) is 0 Å². The third-order valence-corrected chi connectivity index (χ3v) is 6.94. The van der Waals surface area contributed by atoms with Crippen LogP contribution in [-0.2, 0) is 24.4 Å². The number of anilines is 1. The Morgan fingerprint density at radius 1 is 1.27 bits per heavy atom. The molecule has 2 aliphatic heterocycles. The molecule has 1 aromatic carbocycles. The number of halogens is 2. The van der Waals surface area contributed by atoms with Gasteiger partial charge in [-0.1, -0.05) is 0 Å². The van der Waals surface area contributed by atoms with Crippen LogP contribution in [0.25, 0.3) is 0 Å². The Balaban J connectivity index is 1.92. The van der Waals surface area contributed by atoms with Crippen molar-refractivity contribution >= 4 is 33.5 Å². The van der Waals surface area contributed by atoms with E-state index in [4.69, 9.17) is 14.2 Å². The van der Waals surface area contributed by atoms with Gasteiger partial charge < -0.3 is 14.2 Å². The van der Waals surface area contributed by atoms with E-state index in [1.54, 1.807) is 40.7 Å². The Morgan fingerprint density at radius 2 is 1.97 bits per heavy atom. The molecule has 33 heavy (non-hydrogen) atoms. The number of nitrogens with zero attached hydrogens (tertiary/aromatic N) is 1. The van der Waals surface area contributed by atoms with Crippen LogP contribution in [0.1, 0.15) is 79.2 Å². The zero-order valence-corrected chi connectivity index (χ0v) is 22.0. The summed E-state index contributed by atoms with van der Waals surface area (Å²) in [5.41, 5.74) is -1.96. The highest BCUT2D eigenvalue weighted by Crippen LogP contribution is 2.48. The van der Waals surface area contributed by atoms with Gasteiger partial charge in [0, 0.05) is 13.2 Å². The molecule has 3 rings (SSSR count). The summed E-state index contributed by atoms with van der Waals surface area (Å²) in [7, 11) is 0. The van der Waals surface area contributed by atoms with Crippen molar-refractivity contribution in [3.8, 4) is 0 Å². The van der Waals surface area contributed by atoms with Crippen molar-refractivity contribution in [2.75, 3.05) is 18.1 Å². The van der Waals surface area contributed by atoms with Crippen molar-refractivity contribution in [3.05, 3.63) is 28.0 Å². The molecule has 2 unspecified atom stereocenters. The topological polar surface area (TPSA) is 65.1 Å². The van der Waals surface area contributed by atoms with E-state index in [1.807, 2.05) is 6.92 Å². The molecule has 0 aliphatic carbocycles. The first-order valence-electron chi connectivity index (χ1n) is 11.6. The van der Waals surface area contributed by atoms with E-state index in [0.717, 1.165) is 19.3 Å². The number of fused-ring (bicyclic) bond motifs is 1. The molecule has 1 aromatic rings. The number of ether oxygens (including phenoxy) is 3. The van der Waals surface area contributed by atoms with Crippen LogP contribution in [0.5, 0.6) is 0 Å². The second-order valence-corrected chi connectivity index (χ2v) is 11.4. The highest BCUT2D eigenvalue weighted by atomic mass is 79.9. The molecule has 0 aromatic heterocycles. The monoisotopic (exact) mass is 527 g/mol. The van der Waals surface area contributed by atoms with Gasteiger partial charge in [0.1, 0.15) is 17.0 Å². The summed E-state index contributed by atoms with van der Waals surface area (Å²) in [5.74, 6) is -0.631. The molecule has 1 fully saturated rings. The molecular formula is C25H35BrFNO5. The molecule has 1 amide bonds.